The Morgan fingerprint density at radius 3 is 1.88 bits per heavy atom. The van der Waals surface area contributed by atoms with E-state index in [0.29, 0.717) is 0 Å². The molecule has 2 amide bonds. The largest absolute Gasteiger partial charge is 1.00 e. The number of methoxy groups -OCH3 is 1. The number of amides is 2. The Balaban J connectivity index is 0.00000800. The zero-order valence-electron chi connectivity index (χ0n) is 26.6. The van der Waals surface area contributed by atoms with Crippen molar-refractivity contribution in [1.29, 1.82) is 0 Å². The van der Waals surface area contributed by atoms with Crippen LogP contribution in [-0.2, 0) is 42.8 Å². The second-order valence-corrected chi connectivity index (χ2v) is 11.4. The van der Waals surface area contributed by atoms with Crippen molar-refractivity contribution in [3.8, 4) is 0 Å². The van der Waals surface area contributed by atoms with Crippen molar-refractivity contribution in [3.63, 3.8) is 0 Å². The van der Waals surface area contributed by atoms with E-state index in [1.165, 1.54) is 7.11 Å². The quantitative estimate of drug-likeness (QED) is 0.0790. The Labute approximate surface area is 295 Å². The molecule has 3 rings (SSSR count). The van der Waals surface area contributed by atoms with E-state index in [9.17, 15) is 65.4 Å². The summed E-state index contributed by atoms with van der Waals surface area (Å²) in [5, 5.41) is 111. The zero-order valence-corrected chi connectivity index (χ0v) is 28.6. The maximum Gasteiger partial charge on any atom is 1.00 e. The van der Waals surface area contributed by atoms with Gasteiger partial charge in [0, 0.05) is 27.4 Å². The van der Waals surface area contributed by atoms with Crippen molar-refractivity contribution in [2.45, 2.75) is 118 Å². The van der Waals surface area contributed by atoms with Crippen LogP contribution in [0.15, 0.2) is 0 Å². The Hall–Kier alpha value is -1.19. The molecule has 3 saturated heterocycles. The molecule has 0 spiro atoms. The molecule has 0 unspecified atom stereocenters. The molecule has 3 heterocycles. The molecule has 3 fully saturated rings. The van der Waals surface area contributed by atoms with Crippen LogP contribution in [0.5, 0.6) is 0 Å². The molecule has 48 heavy (non-hydrogen) atoms. The number of carboxylic acids is 1. The Morgan fingerprint density at radius 1 is 0.875 bits per heavy atom. The molecular weight excluding hydrogens is 667 g/mol. The average Bonchev–Trinajstić information content (AvgIpc) is 3.02. The van der Waals surface area contributed by atoms with Crippen LogP contribution in [0.1, 0.15) is 20.3 Å². The van der Waals surface area contributed by atoms with Gasteiger partial charge >= 0.3 is 29.6 Å². The predicted octanol–water partition coefficient (Wildman–Crippen LogP) is -11.8. The number of hydrogen-bond donors (Lipinski definition) is 11. The number of rotatable bonds is 13. The second kappa shape index (κ2) is 18.3. The Bertz CT molecular complexity index is 1080. The van der Waals surface area contributed by atoms with E-state index in [1.807, 2.05) is 0 Å². The molecular formula is C26H43N2NaO19. The molecule has 21 nitrogen and oxygen atoms in total. The van der Waals surface area contributed by atoms with E-state index in [4.69, 9.17) is 28.4 Å². The van der Waals surface area contributed by atoms with Gasteiger partial charge < -0.3 is 94.9 Å². The molecule has 0 aromatic heterocycles. The van der Waals surface area contributed by atoms with Gasteiger partial charge in [0.1, 0.15) is 73.1 Å². The SMILES string of the molecule is CO[C@H]1O[C@H](CO)[C@H](O)[C@H](O[C@@H]2O[C@H](CO)[C@H](O)[C@H](O[C@]3(C(=O)[O-])C[C@H](O)[C@@H](NC(C)=O)[C@H]([C@H](O)[C@H](O)CO)O3)[C@H]2O)[C@H]1NC(C)=O.[Na+]. The van der Waals surface area contributed by atoms with E-state index in [0.717, 1.165) is 13.8 Å². The maximum absolute atomic E-state index is 12.6. The summed E-state index contributed by atoms with van der Waals surface area (Å²) in [6, 6.07) is -2.87. The van der Waals surface area contributed by atoms with Gasteiger partial charge in [0.2, 0.25) is 17.6 Å². The summed E-state index contributed by atoms with van der Waals surface area (Å²) in [5.41, 5.74) is 0. The van der Waals surface area contributed by atoms with Crippen molar-refractivity contribution in [1.82, 2.24) is 10.6 Å². The van der Waals surface area contributed by atoms with Gasteiger partial charge in [-0.25, -0.2) is 0 Å². The minimum Gasteiger partial charge on any atom is -0.544 e. The van der Waals surface area contributed by atoms with E-state index in [1.54, 1.807) is 0 Å². The number of hydrogen-bond acceptors (Lipinski definition) is 19. The van der Waals surface area contributed by atoms with Crippen LogP contribution in [0, 0.1) is 0 Å². The minimum atomic E-state index is -3.14. The fourth-order valence-corrected chi connectivity index (χ4v) is 5.74. The number of aliphatic hydroxyl groups excluding tert-OH is 9. The number of carboxylic acid groups (broad SMARTS) is 1. The van der Waals surface area contributed by atoms with Crippen molar-refractivity contribution < 1.29 is 123 Å². The van der Waals surface area contributed by atoms with E-state index in [2.05, 4.69) is 10.6 Å². The van der Waals surface area contributed by atoms with Crippen LogP contribution in [0.2, 0.25) is 0 Å². The average molecular weight is 711 g/mol. The van der Waals surface area contributed by atoms with Crippen LogP contribution in [0.4, 0.5) is 0 Å². The van der Waals surface area contributed by atoms with Gasteiger partial charge in [0.05, 0.1) is 32.0 Å². The van der Waals surface area contributed by atoms with Gasteiger partial charge in [0.15, 0.2) is 12.6 Å². The fraction of sp³-hybridized carbons (Fsp3) is 0.885. The van der Waals surface area contributed by atoms with Gasteiger partial charge in [-0.3, -0.25) is 9.59 Å². The van der Waals surface area contributed by atoms with Gasteiger partial charge in [-0.05, 0) is 0 Å². The van der Waals surface area contributed by atoms with Crippen LogP contribution in [-0.4, -0.2) is 188 Å². The summed E-state index contributed by atoms with van der Waals surface area (Å²) in [5.74, 6) is -6.74. The van der Waals surface area contributed by atoms with Gasteiger partial charge in [-0.1, -0.05) is 0 Å². The van der Waals surface area contributed by atoms with E-state index < -0.39 is 142 Å². The van der Waals surface area contributed by atoms with Crippen LogP contribution in [0.3, 0.4) is 0 Å². The number of nitrogens with one attached hydrogen (secondary N) is 2. The predicted molar refractivity (Wildman–Crippen MR) is 144 cm³/mol. The molecule has 22 heteroatoms. The summed E-state index contributed by atoms with van der Waals surface area (Å²) in [6.45, 7) is -0.633. The molecule has 272 valence electrons. The summed E-state index contributed by atoms with van der Waals surface area (Å²) < 4.78 is 33.0. The Morgan fingerprint density at radius 2 is 1.40 bits per heavy atom. The third kappa shape index (κ3) is 9.37. The first kappa shape index (κ1) is 43.0. The first-order valence-corrected chi connectivity index (χ1v) is 14.6. The molecule has 0 radical (unpaired) electrons. The topological polar surface area (TPSA) is 336 Å². The summed E-state index contributed by atoms with van der Waals surface area (Å²) in [6.07, 6.45) is -25.0. The number of carbonyl (C=O) groups excluding carboxylic acids is 3. The number of aliphatic carboxylic acids is 1. The molecule has 3 aliphatic heterocycles. The molecule has 11 N–H and O–H groups in total. The molecule has 0 saturated carbocycles. The summed E-state index contributed by atoms with van der Waals surface area (Å²) in [4.78, 5) is 36.3. The van der Waals surface area contributed by atoms with Gasteiger partial charge in [0.25, 0.3) is 0 Å². The number of carbonyl (C=O) groups is 3. The minimum absolute atomic E-state index is 0. The third-order valence-electron chi connectivity index (χ3n) is 8.07. The molecule has 0 aliphatic carbocycles. The van der Waals surface area contributed by atoms with Crippen LogP contribution < -0.4 is 45.3 Å². The fourth-order valence-electron chi connectivity index (χ4n) is 5.74. The first-order valence-electron chi connectivity index (χ1n) is 14.6. The van der Waals surface area contributed by atoms with Crippen molar-refractivity contribution in [2.75, 3.05) is 26.9 Å². The smallest absolute Gasteiger partial charge is 0.544 e. The van der Waals surface area contributed by atoms with Gasteiger partial charge in [-0.2, -0.15) is 0 Å². The third-order valence-corrected chi connectivity index (χ3v) is 8.07. The summed E-state index contributed by atoms with van der Waals surface area (Å²) in [7, 11) is 1.19. The second-order valence-electron chi connectivity index (χ2n) is 11.4. The van der Waals surface area contributed by atoms with Crippen molar-refractivity contribution >= 4 is 17.8 Å². The monoisotopic (exact) mass is 710 g/mol. The molecule has 16 atom stereocenters. The first-order chi connectivity index (χ1) is 22.0. The maximum atomic E-state index is 12.6. The normalized spacial score (nSPS) is 41.4. The van der Waals surface area contributed by atoms with Crippen molar-refractivity contribution in [3.05, 3.63) is 0 Å². The molecule has 0 aromatic rings. The Kier molecular flexibility index (Phi) is 16.4. The molecule has 0 aromatic carbocycles. The van der Waals surface area contributed by atoms with E-state index in [-0.39, 0.29) is 29.6 Å². The van der Waals surface area contributed by atoms with Crippen LogP contribution in [0.25, 0.3) is 0 Å². The van der Waals surface area contributed by atoms with E-state index >= 15 is 0 Å². The summed E-state index contributed by atoms with van der Waals surface area (Å²) >= 11 is 0. The van der Waals surface area contributed by atoms with Crippen molar-refractivity contribution in [2.24, 2.45) is 0 Å². The molecule has 3 aliphatic rings. The standard InChI is InChI=1S/C26H44N2O19.Na/c1-8(32)27-14-10(34)4-26(25(40)41,46-21(14)16(36)11(35)5-29)47-22-18(38)13(7-31)44-24(19(22)39)45-20-15(28-9(2)33)23(42-3)43-12(6-30)17(20)37;/h10-24,29-31,34-39H,4-7H2,1-3H3,(H,27,32)(H,28,33)(H,40,41);/q;+1/p-1/t10-,11+,12+,13+,14+,15+,16+,17-,18-,19+,20+,21+,22-,23-,24-,26-;/m0./s1. The van der Waals surface area contributed by atoms with Crippen LogP contribution >= 0.6 is 0 Å². The number of ether oxygens (including phenoxy) is 6. The number of aliphatic hydroxyl groups is 9. The molecule has 0 bridgehead atoms. The van der Waals surface area contributed by atoms with Gasteiger partial charge in [-0.15, -0.1) is 0 Å². The zero-order chi connectivity index (χ0) is 35.4.